The predicted octanol–water partition coefficient (Wildman–Crippen LogP) is 22.8. The van der Waals surface area contributed by atoms with Crippen LogP contribution in [-0.2, 0) is 16.2 Å². The van der Waals surface area contributed by atoms with E-state index in [1.165, 1.54) is 88.0 Å². The van der Waals surface area contributed by atoms with E-state index in [0.717, 1.165) is 78.0 Å². The van der Waals surface area contributed by atoms with Crippen LogP contribution in [0.15, 0.2) is 264 Å². The lowest BCUT2D eigenvalue weighted by Crippen LogP contribution is -2.26. The van der Waals surface area contributed by atoms with E-state index in [9.17, 15) is 0 Å². The molecule has 4 heteroatoms. The van der Waals surface area contributed by atoms with Crippen molar-refractivity contribution in [2.75, 3.05) is 9.80 Å². The fourth-order valence-electron chi connectivity index (χ4n) is 14.7. The molecule has 0 saturated carbocycles. The van der Waals surface area contributed by atoms with Crippen molar-refractivity contribution in [3.8, 4) is 22.3 Å². The third-order valence-corrected chi connectivity index (χ3v) is 18.8. The van der Waals surface area contributed by atoms with Gasteiger partial charge in [-0.3, -0.25) is 0 Å². The number of para-hydroxylation sites is 4. The van der Waals surface area contributed by atoms with Crippen LogP contribution in [-0.4, -0.2) is 0 Å². The highest BCUT2D eigenvalue weighted by Crippen LogP contribution is 2.65. The summed E-state index contributed by atoms with van der Waals surface area (Å²) in [4.78, 5) is 4.86. The lowest BCUT2D eigenvalue weighted by atomic mass is 9.70. The Bertz CT molecular complexity index is 5050. The van der Waals surface area contributed by atoms with Crippen LogP contribution in [0.4, 0.5) is 34.1 Å². The second-order valence-corrected chi connectivity index (χ2v) is 25.6. The van der Waals surface area contributed by atoms with Gasteiger partial charge in [-0.2, -0.15) is 0 Å². The molecule has 0 bridgehead atoms. The van der Waals surface area contributed by atoms with Crippen LogP contribution in [0.3, 0.4) is 0 Å². The van der Waals surface area contributed by atoms with Crippen molar-refractivity contribution in [1.29, 1.82) is 0 Å². The van der Waals surface area contributed by atoms with Gasteiger partial charge in [0.05, 0.1) is 16.8 Å². The Labute approximate surface area is 494 Å². The zero-order valence-electron chi connectivity index (χ0n) is 48.5. The van der Waals surface area contributed by atoms with Gasteiger partial charge < -0.3 is 18.6 Å². The molecule has 2 aliphatic rings. The van der Waals surface area contributed by atoms with Gasteiger partial charge in [-0.25, -0.2) is 0 Å². The number of nitrogens with zero attached hydrogens (tertiary/aromatic N) is 2. The lowest BCUT2D eigenvalue weighted by molar-refractivity contribution is 0.590. The molecule has 2 aliphatic carbocycles. The molecule has 85 heavy (non-hydrogen) atoms. The third-order valence-electron chi connectivity index (χ3n) is 18.8. The maximum absolute atomic E-state index is 6.94. The number of anilines is 6. The number of benzene rings is 13. The van der Waals surface area contributed by atoms with E-state index in [-0.39, 0.29) is 10.8 Å². The van der Waals surface area contributed by atoms with Crippen molar-refractivity contribution in [3.05, 3.63) is 288 Å². The molecule has 13 aromatic carbocycles. The molecule has 4 nitrogen and oxygen atoms in total. The Morgan fingerprint density at radius 2 is 0.635 bits per heavy atom. The Morgan fingerprint density at radius 3 is 1.11 bits per heavy atom. The summed E-state index contributed by atoms with van der Waals surface area (Å²) >= 11 is 0. The van der Waals surface area contributed by atoms with E-state index in [2.05, 4.69) is 306 Å². The molecular weight excluding hydrogens is 1030 g/mol. The van der Waals surface area contributed by atoms with Gasteiger partial charge in [-0.15, -0.1) is 0 Å². The molecule has 0 N–H and O–H groups in total. The SMILES string of the molecule is CC(C)(C)c1ccc(N(c2ccc3c(c2)C2(c4ccccc4-c4cc5c6ccccc6c6ccccc6c5cc42)c2cc(N(c4ccc(C(C)(C)C)cc4)c4cccc5c4oc4ccccc45)ccc2-3)c2cccc3c2oc2ccccc23)cc1. The molecule has 0 saturated heterocycles. The van der Waals surface area contributed by atoms with Crippen molar-refractivity contribution >= 4 is 110 Å². The predicted molar refractivity (Wildman–Crippen MR) is 357 cm³/mol. The first kappa shape index (κ1) is 49.4. The van der Waals surface area contributed by atoms with Crippen LogP contribution < -0.4 is 9.80 Å². The van der Waals surface area contributed by atoms with Gasteiger partial charge >= 0.3 is 0 Å². The van der Waals surface area contributed by atoms with Gasteiger partial charge in [-0.1, -0.05) is 211 Å². The molecule has 2 aromatic heterocycles. The molecule has 0 atom stereocenters. The summed E-state index contributed by atoms with van der Waals surface area (Å²) in [6, 6.07) is 95.1. The van der Waals surface area contributed by atoms with E-state index in [1.807, 2.05) is 0 Å². The summed E-state index contributed by atoms with van der Waals surface area (Å²) in [6.45, 7) is 13.7. The lowest BCUT2D eigenvalue weighted by Gasteiger charge is -2.33. The number of hydrogen-bond acceptors (Lipinski definition) is 4. The number of furan rings is 2. The minimum Gasteiger partial charge on any atom is -0.454 e. The minimum atomic E-state index is -0.774. The molecule has 2 heterocycles. The third kappa shape index (κ3) is 7.15. The van der Waals surface area contributed by atoms with Gasteiger partial charge in [0.15, 0.2) is 11.2 Å². The van der Waals surface area contributed by atoms with Gasteiger partial charge in [0.1, 0.15) is 11.2 Å². The quantitative estimate of drug-likeness (QED) is 0.155. The number of fused-ring (bicyclic) bond motifs is 22. The van der Waals surface area contributed by atoms with Gasteiger partial charge in [0, 0.05) is 44.3 Å². The summed E-state index contributed by atoms with van der Waals surface area (Å²) in [5.41, 5.74) is 21.3. The van der Waals surface area contributed by atoms with E-state index in [1.54, 1.807) is 0 Å². The van der Waals surface area contributed by atoms with Crippen LogP contribution in [0.25, 0.3) is 98.4 Å². The standard InChI is InChI=1S/C81H60N2O2/c1-79(2,3)49-33-37-51(38-34-49)82(73-29-17-26-64-62-24-12-15-31-75(62)84-77(64)73)53-41-43-60-61-44-42-54(83(52-39-35-50(36-40-52)80(4,5)6)74-30-18-27-65-63-25-13-16-32-76(63)85-78(65)74)46-71(61)81(70(60)45-53)69-28-14-11-23-59(69)68-47-66-57-21-9-7-19-55(57)56-20-8-10-22-58(56)67(66)48-72(68)81/h7-48H,1-6H3. The zero-order valence-corrected chi connectivity index (χ0v) is 48.5. The maximum atomic E-state index is 6.94. The summed E-state index contributed by atoms with van der Waals surface area (Å²) in [5.74, 6) is 0. The highest BCUT2D eigenvalue weighted by molar-refractivity contribution is 6.26. The average molecular weight is 1090 g/mol. The summed E-state index contributed by atoms with van der Waals surface area (Å²) in [6.07, 6.45) is 0. The van der Waals surface area contributed by atoms with Crippen molar-refractivity contribution < 1.29 is 8.83 Å². The molecule has 0 radical (unpaired) electrons. The van der Waals surface area contributed by atoms with E-state index in [0.29, 0.717) is 0 Å². The van der Waals surface area contributed by atoms with Crippen molar-refractivity contribution in [1.82, 2.24) is 0 Å². The molecule has 406 valence electrons. The summed E-state index contributed by atoms with van der Waals surface area (Å²) in [7, 11) is 0. The van der Waals surface area contributed by atoms with E-state index in [4.69, 9.17) is 8.83 Å². The monoisotopic (exact) mass is 1090 g/mol. The van der Waals surface area contributed by atoms with Gasteiger partial charge in [-0.05, 0) is 184 Å². The minimum absolute atomic E-state index is 0.0260. The molecule has 0 unspecified atom stereocenters. The van der Waals surface area contributed by atoms with Crippen molar-refractivity contribution in [3.63, 3.8) is 0 Å². The molecule has 0 fully saturated rings. The topological polar surface area (TPSA) is 32.8 Å². The smallest absolute Gasteiger partial charge is 0.159 e. The van der Waals surface area contributed by atoms with Crippen LogP contribution in [0.2, 0.25) is 0 Å². The van der Waals surface area contributed by atoms with Crippen LogP contribution in [0, 0.1) is 0 Å². The Balaban J connectivity index is 0.975. The van der Waals surface area contributed by atoms with E-state index >= 15 is 0 Å². The van der Waals surface area contributed by atoms with Crippen molar-refractivity contribution in [2.45, 2.75) is 57.8 Å². The second-order valence-electron chi connectivity index (χ2n) is 25.6. The van der Waals surface area contributed by atoms with Crippen LogP contribution >= 0.6 is 0 Å². The Morgan fingerprint density at radius 1 is 0.271 bits per heavy atom. The molecular formula is C81H60N2O2. The molecule has 0 amide bonds. The van der Waals surface area contributed by atoms with Crippen LogP contribution in [0.5, 0.6) is 0 Å². The first-order chi connectivity index (χ1) is 41.4. The molecule has 0 aliphatic heterocycles. The Kier molecular flexibility index (Phi) is 10.4. The highest BCUT2D eigenvalue weighted by atomic mass is 16.3. The van der Waals surface area contributed by atoms with Gasteiger partial charge in [0.2, 0.25) is 0 Å². The zero-order chi connectivity index (χ0) is 57.1. The molecule has 17 rings (SSSR count). The summed E-state index contributed by atoms with van der Waals surface area (Å²) < 4.78 is 13.9. The number of rotatable bonds is 6. The second kappa shape index (κ2) is 17.9. The Hall–Kier alpha value is -10.2. The molecule has 1 spiro atoms. The number of hydrogen-bond donors (Lipinski definition) is 0. The van der Waals surface area contributed by atoms with Crippen molar-refractivity contribution in [2.24, 2.45) is 0 Å². The van der Waals surface area contributed by atoms with Gasteiger partial charge in [0.25, 0.3) is 0 Å². The fraction of sp³-hybridized carbons (Fsp3) is 0.111. The largest absolute Gasteiger partial charge is 0.454 e. The summed E-state index contributed by atoms with van der Waals surface area (Å²) in [5, 5.41) is 11.9. The average Bonchev–Trinajstić information content (AvgIpc) is 1.52. The normalized spacial score (nSPS) is 13.4. The molecule has 15 aromatic rings. The fourth-order valence-corrected chi connectivity index (χ4v) is 14.7. The van der Waals surface area contributed by atoms with E-state index < -0.39 is 5.41 Å². The highest BCUT2D eigenvalue weighted by Gasteiger charge is 2.52. The van der Waals surface area contributed by atoms with Crippen LogP contribution in [0.1, 0.15) is 74.9 Å². The first-order valence-corrected chi connectivity index (χ1v) is 29.8. The first-order valence-electron chi connectivity index (χ1n) is 29.8. The maximum Gasteiger partial charge on any atom is 0.159 e.